The molecule has 1 fully saturated rings. The predicted octanol–water partition coefficient (Wildman–Crippen LogP) is 0.0811. The molecule has 17 heavy (non-hydrogen) atoms. The SMILES string of the molecule is CCC(CC)(CN)N1CCN(S(C)(=O)=O)CC1. The molecule has 0 unspecified atom stereocenters. The van der Waals surface area contributed by atoms with E-state index >= 15 is 0 Å². The van der Waals surface area contributed by atoms with Gasteiger partial charge in [0.1, 0.15) is 0 Å². The topological polar surface area (TPSA) is 66.6 Å². The normalized spacial score (nSPS) is 20.7. The van der Waals surface area contributed by atoms with Crippen LogP contribution in [-0.4, -0.2) is 62.1 Å². The quantitative estimate of drug-likeness (QED) is 0.763. The molecule has 1 aliphatic rings. The lowest BCUT2D eigenvalue weighted by Crippen LogP contribution is -2.60. The average molecular weight is 263 g/mol. The smallest absolute Gasteiger partial charge is 0.211 e. The van der Waals surface area contributed by atoms with Crippen molar-refractivity contribution in [2.45, 2.75) is 32.2 Å². The minimum atomic E-state index is -3.04. The van der Waals surface area contributed by atoms with Crippen LogP contribution in [0.4, 0.5) is 0 Å². The van der Waals surface area contributed by atoms with Gasteiger partial charge in [0.25, 0.3) is 0 Å². The first-order valence-corrected chi connectivity index (χ1v) is 8.14. The third kappa shape index (κ3) is 3.19. The van der Waals surface area contributed by atoms with E-state index in [-0.39, 0.29) is 5.54 Å². The summed E-state index contributed by atoms with van der Waals surface area (Å²) >= 11 is 0. The average Bonchev–Trinajstić information content (AvgIpc) is 2.32. The lowest BCUT2D eigenvalue weighted by Gasteiger charge is -2.46. The highest BCUT2D eigenvalue weighted by Gasteiger charge is 2.35. The van der Waals surface area contributed by atoms with Crippen molar-refractivity contribution in [3.05, 3.63) is 0 Å². The predicted molar refractivity (Wildman–Crippen MR) is 70.4 cm³/mol. The third-order valence-corrected chi connectivity index (χ3v) is 5.38. The fourth-order valence-electron chi connectivity index (χ4n) is 2.61. The standard InChI is InChI=1S/C11H25N3O2S/c1-4-11(5-2,10-12)13-6-8-14(9-7-13)17(3,15)16/h4-10,12H2,1-3H3. The van der Waals surface area contributed by atoms with Gasteiger partial charge >= 0.3 is 0 Å². The van der Waals surface area contributed by atoms with Crippen LogP contribution in [0.15, 0.2) is 0 Å². The van der Waals surface area contributed by atoms with E-state index in [1.807, 2.05) is 0 Å². The molecule has 0 amide bonds. The van der Waals surface area contributed by atoms with Crippen molar-refractivity contribution >= 4 is 10.0 Å². The summed E-state index contributed by atoms with van der Waals surface area (Å²) < 4.78 is 24.4. The summed E-state index contributed by atoms with van der Waals surface area (Å²) in [4.78, 5) is 2.36. The zero-order valence-corrected chi connectivity index (χ0v) is 12.0. The van der Waals surface area contributed by atoms with Gasteiger partial charge in [0.2, 0.25) is 10.0 Å². The Balaban J connectivity index is 2.68. The Bertz CT molecular complexity index is 322. The molecule has 0 aliphatic carbocycles. The molecular weight excluding hydrogens is 238 g/mol. The Labute approximate surface area is 105 Å². The molecular formula is C11H25N3O2S. The molecule has 0 bridgehead atoms. The monoisotopic (exact) mass is 263 g/mol. The summed E-state index contributed by atoms with van der Waals surface area (Å²) in [5.74, 6) is 0. The molecule has 0 aromatic carbocycles. The molecule has 5 nitrogen and oxygen atoms in total. The van der Waals surface area contributed by atoms with E-state index in [1.54, 1.807) is 4.31 Å². The fraction of sp³-hybridized carbons (Fsp3) is 1.00. The first-order valence-electron chi connectivity index (χ1n) is 6.30. The van der Waals surface area contributed by atoms with Crippen LogP contribution in [0.2, 0.25) is 0 Å². The van der Waals surface area contributed by atoms with Gasteiger partial charge in [0.15, 0.2) is 0 Å². The maximum absolute atomic E-state index is 11.4. The first-order chi connectivity index (χ1) is 7.89. The minimum Gasteiger partial charge on any atom is -0.329 e. The Morgan fingerprint density at radius 1 is 1.12 bits per heavy atom. The van der Waals surface area contributed by atoms with Crippen molar-refractivity contribution in [3.63, 3.8) is 0 Å². The van der Waals surface area contributed by atoms with Gasteiger partial charge in [-0.1, -0.05) is 13.8 Å². The van der Waals surface area contributed by atoms with Crippen molar-refractivity contribution in [2.75, 3.05) is 39.0 Å². The highest BCUT2D eigenvalue weighted by molar-refractivity contribution is 7.88. The Hall–Kier alpha value is -0.170. The molecule has 2 N–H and O–H groups in total. The third-order valence-electron chi connectivity index (χ3n) is 4.07. The molecule has 1 heterocycles. The number of sulfonamides is 1. The molecule has 102 valence electrons. The van der Waals surface area contributed by atoms with Crippen LogP contribution in [0.25, 0.3) is 0 Å². The van der Waals surface area contributed by atoms with E-state index in [2.05, 4.69) is 18.7 Å². The minimum absolute atomic E-state index is 0.0452. The van der Waals surface area contributed by atoms with Crippen molar-refractivity contribution < 1.29 is 8.42 Å². The van der Waals surface area contributed by atoms with Gasteiger partial charge < -0.3 is 5.73 Å². The molecule has 1 aliphatic heterocycles. The van der Waals surface area contributed by atoms with Gasteiger partial charge in [0, 0.05) is 38.3 Å². The van der Waals surface area contributed by atoms with E-state index in [1.165, 1.54) is 6.26 Å². The van der Waals surface area contributed by atoms with Crippen LogP contribution >= 0.6 is 0 Å². The van der Waals surface area contributed by atoms with Crippen molar-refractivity contribution in [3.8, 4) is 0 Å². The Morgan fingerprint density at radius 3 is 1.88 bits per heavy atom. The number of hydrogen-bond donors (Lipinski definition) is 1. The van der Waals surface area contributed by atoms with Gasteiger partial charge in [0.05, 0.1) is 6.26 Å². The van der Waals surface area contributed by atoms with E-state index in [4.69, 9.17) is 5.73 Å². The Kier molecular flexibility index (Phi) is 4.95. The summed E-state index contributed by atoms with van der Waals surface area (Å²) in [6.07, 6.45) is 3.30. The summed E-state index contributed by atoms with van der Waals surface area (Å²) in [5.41, 5.74) is 5.95. The second-order valence-electron chi connectivity index (χ2n) is 4.78. The number of rotatable bonds is 5. The van der Waals surface area contributed by atoms with E-state index in [0.717, 1.165) is 25.9 Å². The van der Waals surface area contributed by atoms with Crippen LogP contribution < -0.4 is 5.73 Å². The van der Waals surface area contributed by atoms with Crippen molar-refractivity contribution in [1.29, 1.82) is 0 Å². The number of nitrogens with zero attached hydrogens (tertiary/aromatic N) is 2. The van der Waals surface area contributed by atoms with E-state index in [0.29, 0.717) is 19.6 Å². The highest BCUT2D eigenvalue weighted by Crippen LogP contribution is 2.24. The van der Waals surface area contributed by atoms with Crippen LogP contribution in [0, 0.1) is 0 Å². The second-order valence-corrected chi connectivity index (χ2v) is 6.77. The molecule has 0 saturated carbocycles. The van der Waals surface area contributed by atoms with Crippen molar-refractivity contribution in [2.24, 2.45) is 5.73 Å². The molecule has 1 rings (SSSR count). The van der Waals surface area contributed by atoms with Crippen LogP contribution in [-0.2, 0) is 10.0 Å². The van der Waals surface area contributed by atoms with Crippen LogP contribution in [0.5, 0.6) is 0 Å². The first kappa shape index (κ1) is 14.9. The fourth-order valence-corrected chi connectivity index (χ4v) is 3.44. The van der Waals surface area contributed by atoms with E-state index in [9.17, 15) is 8.42 Å². The summed E-state index contributed by atoms with van der Waals surface area (Å²) in [7, 11) is -3.04. The maximum atomic E-state index is 11.4. The molecule has 0 atom stereocenters. The lowest BCUT2D eigenvalue weighted by atomic mass is 9.90. The second kappa shape index (κ2) is 5.65. The van der Waals surface area contributed by atoms with Crippen molar-refractivity contribution in [1.82, 2.24) is 9.21 Å². The van der Waals surface area contributed by atoms with Gasteiger partial charge in [-0.3, -0.25) is 4.90 Å². The Morgan fingerprint density at radius 2 is 1.59 bits per heavy atom. The zero-order valence-electron chi connectivity index (χ0n) is 11.1. The number of hydrogen-bond acceptors (Lipinski definition) is 4. The summed E-state index contributed by atoms with van der Waals surface area (Å²) in [6, 6.07) is 0. The lowest BCUT2D eigenvalue weighted by molar-refractivity contribution is 0.0525. The summed E-state index contributed by atoms with van der Waals surface area (Å²) in [6.45, 7) is 7.68. The zero-order chi connectivity index (χ0) is 13.1. The molecule has 1 saturated heterocycles. The van der Waals surface area contributed by atoms with Gasteiger partial charge in [-0.15, -0.1) is 0 Å². The number of nitrogens with two attached hydrogens (primary N) is 1. The summed E-state index contributed by atoms with van der Waals surface area (Å²) in [5, 5.41) is 0. The highest BCUT2D eigenvalue weighted by atomic mass is 32.2. The largest absolute Gasteiger partial charge is 0.329 e. The molecule has 0 spiro atoms. The van der Waals surface area contributed by atoms with Gasteiger partial charge in [-0.2, -0.15) is 4.31 Å². The molecule has 0 radical (unpaired) electrons. The molecule has 6 heteroatoms. The van der Waals surface area contributed by atoms with Gasteiger partial charge in [-0.05, 0) is 12.8 Å². The van der Waals surface area contributed by atoms with E-state index < -0.39 is 10.0 Å². The molecule has 0 aromatic rings. The van der Waals surface area contributed by atoms with Gasteiger partial charge in [-0.25, -0.2) is 8.42 Å². The maximum Gasteiger partial charge on any atom is 0.211 e. The number of piperazine rings is 1. The van der Waals surface area contributed by atoms with Crippen LogP contribution in [0.3, 0.4) is 0 Å². The molecule has 0 aromatic heterocycles. The van der Waals surface area contributed by atoms with Crippen LogP contribution in [0.1, 0.15) is 26.7 Å².